The quantitative estimate of drug-likeness (QED) is 0.446. The predicted molar refractivity (Wildman–Crippen MR) is 126 cm³/mol. The summed E-state index contributed by atoms with van der Waals surface area (Å²) in [5, 5.41) is 4.25. The maximum Gasteiger partial charge on any atom is 0.349 e. The molecule has 2 aromatic carbocycles. The Labute approximate surface area is 194 Å². The molecule has 0 N–H and O–H groups in total. The van der Waals surface area contributed by atoms with E-state index in [9.17, 15) is 14.4 Å². The van der Waals surface area contributed by atoms with E-state index in [1.165, 1.54) is 16.4 Å². The molecule has 7 rings (SSSR count). The molecule has 3 aromatic rings. The SMILES string of the molecule is Cc1ccc(N2C(C(=O)c3ccccc3)=NO[C@@H]3C=C[C@@H]4C=C[C@@]32n2c(=O)n(C)c(=O)n24)cc1. The molecule has 4 aliphatic rings. The molecule has 9 nitrogen and oxygen atoms in total. The first-order chi connectivity index (χ1) is 16.4. The fourth-order valence-corrected chi connectivity index (χ4v) is 4.86. The molecule has 0 unspecified atom stereocenters. The van der Waals surface area contributed by atoms with Gasteiger partial charge in [-0.2, -0.15) is 4.68 Å². The van der Waals surface area contributed by atoms with E-state index in [0.717, 1.165) is 10.1 Å². The normalized spacial score (nSPS) is 24.2. The van der Waals surface area contributed by atoms with Gasteiger partial charge in [0.2, 0.25) is 17.3 Å². The summed E-state index contributed by atoms with van der Waals surface area (Å²) in [6.45, 7) is 1.97. The summed E-state index contributed by atoms with van der Waals surface area (Å²) in [6.07, 6.45) is 6.50. The molecule has 34 heavy (non-hydrogen) atoms. The van der Waals surface area contributed by atoms with Crippen molar-refractivity contribution in [2.75, 3.05) is 4.90 Å². The second-order valence-electron chi connectivity index (χ2n) is 8.61. The first-order valence-electron chi connectivity index (χ1n) is 10.9. The van der Waals surface area contributed by atoms with Gasteiger partial charge in [0.25, 0.3) is 0 Å². The number of hydrogen-bond donors (Lipinski definition) is 0. The molecule has 170 valence electrons. The summed E-state index contributed by atoms with van der Waals surface area (Å²) in [6, 6.07) is 15.9. The Hall–Kier alpha value is -4.40. The van der Waals surface area contributed by atoms with Crippen LogP contribution in [0, 0.1) is 6.92 Å². The maximum absolute atomic E-state index is 13.7. The largest absolute Gasteiger partial charge is 0.381 e. The molecule has 0 saturated carbocycles. The monoisotopic (exact) mass is 455 g/mol. The number of anilines is 1. The van der Waals surface area contributed by atoms with Gasteiger partial charge < -0.3 is 4.84 Å². The first kappa shape index (κ1) is 20.2. The molecule has 0 amide bonds. The van der Waals surface area contributed by atoms with Gasteiger partial charge in [-0.05, 0) is 31.2 Å². The number of aromatic nitrogens is 3. The number of ketones is 1. The van der Waals surface area contributed by atoms with E-state index in [1.54, 1.807) is 41.3 Å². The third kappa shape index (κ3) is 2.54. The van der Waals surface area contributed by atoms with E-state index in [1.807, 2.05) is 49.4 Å². The molecular formula is C25H21N5O4. The van der Waals surface area contributed by atoms with Gasteiger partial charge in [0.05, 0.1) is 6.04 Å². The summed E-state index contributed by atoms with van der Waals surface area (Å²) in [7, 11) is 1.44. The van der Waals surface area contributed by atoms with Crippen LogP contribution in [0.15, 0.2) is 93.6 Å². The molecule has 1 aromatic heterocycles. The molecule has 3 atom stereocenters. The Morgan fingerprint density at radius 1 is 0.971 bits per heavy atom. The van der Waals surface area contributed by atoms with Crippen molar-refractivity contribution in [3.8, 4) is 0 Å². The molecule has 0 saturated heterocycles. The highest BCUT2D eigenvalue weighted by atomic mass is 16.6. The molecular weight excluding hydrogens is 434 g/mol. The van der Waals surface area contributed by atoms with Gasteiger partial charge in [-0.1, -0.05) is 65.3 Å². The summed E-state index contributed by atoms with van der Waals surface area (Å²) in [5.74, 6) is -0.352. The van der Waals surface area contributed by atoms with Crippen LogP contribution in [0.4, 0.5) is 5.69 Å². The maximum atomic E-state index is 13.7. The van der Waals surface area contributed by atoms with E-state index in [-0.39, 0.29) is 11.6 Å². The Morgan fingerprint density at radius 3 is 2.44 bits per heavy atom. The molecule has 4 heterocycles. The Balaban J connectivity index is 1.67. The highest BCUT2D eigenvalue weighted by Crippen LogP contribution is 2.43. The van der Waals surface area contributed by atoms with E-state index < -0.39 is 29.2 Å². The third-order valence-electron chi connectivity index (χ3n) is 6.58. The average molecular weight is 455 g/mol. The number of hydrogen-bond acceptors (Lipinski definition) is 6. The number of oxime groups is 1. The van der Waals surface area contributed by atoms with Gasteiger partial charge in [0, 0.05) is 18.3 Å². The van der Waals surface area contributed by atoms with Crippen molar-refractivity contribution in [2.24, 2.45) is 12.2 Å². The summed E-state index contributed by atoms with van der Waals surface area (Å²) in [5.41, 5.74) is -0.231. The van der Waals surface area contributed by atoms with E-state index >= 15 is 0 Å². The molecule has 3 aliphatic heterocycles. The Bertz CT molecular complexity index is 1520. The third-order valence-corrected chi connectivity index (χ3v) is 6.58. The lowest BCUT2D eigenvalue weighted by Gasteiger charge is -2.48. The number of amidine groups is 1. The number of benzene rings is 2. The lowest BCUT2D eigenvalue weighted by Crippen LogP contribution is -2.67. The zero-order valence-electron chi connectivity index (χ0n) is 18.5. The number of Topliss-reactive ketones (excluding diaryl/α,β-unsaturated/α-hetero) is 1. The van der Waals surface area contributed by atoms with E-state index in [4.69, 9.17) is 4.84 Å². The summed E-state index contributed by atoms with van der Waals surface area (Å²) < 4.78 is 3.85. The highest BCUT2D eigenvalue weighted by Gasteiger charge is 2.57. The van der Waals surface area contributed by atoms with Crippen molar-refractivity contribution in [1.82, 2.24) is 13.9 Å². The van der Waals surface area contributed by atoms with Crippen LogP contribution < -0.4 is 16.3 Å². The van der Waals surface area contributed by atoms with Crippen LogP contribution in [-0.4, -0.2) is 31.7 Å². The van der Waals surface area contributed by atoms with Crippen LogP contribution in [0.3, 0.4) is 0 Å². The molecule has 1 spiro atoms. The lowest BCUT2D eigenvalue weighted by atomic mass is 9.95. The zero-order valence-corrected chi connectivity index (χ0v) is 18.5. The Kier molecular flexibility index (Phi) is 4.19. The smallest absolute Gasteiger partial charge is 0.349 e. The van der Waals surface area contributed by atoms with Crippen molar-refractivity contribution >= 4 is 17.3 Å². The van der Waals surface area contributed by atoms with Gasteiger partial charge >= 0.3 is 11.4 Å². The van der Waals surface area contributed by atoms with Gasteiger partial charge in [-0.25, -0.2) is 18.8 Å². The van der Waals surface area contributed by atoms with Crippen molar-refractivity contribution in [3.63, 3.8) is 0 Å². The fourth-order valence-electron chi connectivity index (χ4n) is 4.86. The minimum Gasteiger partial charge on any atom is -0.381 e. The number of aryl methyl sites for hydroxylation is 1. The van der Waals surface area contributed by atoms with Crippen LogP contribution in [0.2, 0.25) is 0 Å². The number of carbonyl (C=O) groups is 1. The van der Waals surface area contributed by atoms with Gasteiger partial charge in [0.1, 0.15) is 0 Å². The topological polar surface area (TPSA) is 90.8 Å². The van der Waals surface area contributed by atoms with Crippen molar-refractivity contribution in [2.45, 2.75) is 24.7 Å². The summed E-state index contributed by atoms with van der Waals surface area (Å²) >= 11 is 0. The lowest BCUT2D eigenvalue weighted by molar-refractivity contribution is -0.00158. The zero-order chi connectivity index (χ0) is 23.6. The molecule has 2 bridgehead atoms. The van der Waals surface area contributed by atoms with Crippen molar-refractivity contribution in [1.29, 1.82) is 0 Å². The number of carbonyl (C=O) groups excluding carboxylic acids is 1. The molecule has 0 fully saturated rings. The Morgan fingerprint density at radius 2 is 1.71 bits per heavy atom. The second kappa shape index (κ2) is 7.05. The highest BCUT2D eigenvalue weighted by molar-refractivity contribution is 6.49. The number of rotatable bonds is 3. The average Bonchev–Trinajstić information content (AvgIpc) is 3.02. The standard InChI is InChI=1S/C25H21N5O4/c1-16-8-10-18(11-9-16)28-22(21(31)17-6-4-3-5-7-17)26-34-20-13-12-19-14-15-25(20,28)30-24(33)27(2)23(32)29(19)30/h3-15,19-20H,1-2H3/t19-,20-,25-/m1/s1. The van der Waals surface area contributed by atoms with Crippen LogP contribution >= 0.6 is 0 Å². The van der Waals surface area contributed by atoms with Crippen LogP contribution in [-0.2, 0) is 17.5 Å². The minimum absolute atomic E-state index is 0.0134. The van der Waals surface area contributed by atoms with Crippen molar-refractivity contribution < 1.29 is 9.63 Å². The second-order valence-corrected chi connectivity index (χ2v) is 8.61. The van der Waals surface area contributed by atoms with E-state index in [2.05, 4.69) is 5.16 Å². The number of allylic oxidation sites excluding steroid dienone is 2. The van der Waals surface area contributed by atoms with Gasteiger partial charge in [0.15, 0.2) is 6.10 Å². The van der Waals surface area contributed by atoms with E-state index in [0.29, 0.717) is 11.3 Å². The van der Waals surface area contributed by atoms with Crippen LogP contribution in [0.25, 0.3) is 0 Å². The van der Waals surface area contributed by atoms with Crippen molar-refractivity contribution in [3.05, 3.63) is 111 Å². The minimum atomic E-state index is -1.36. The van der Waals surface area contributed by atoms with Crippen LogP contribution in [0.5, 0.6) is 0 Å². The molecule has 0 radical (unpaired) electrons. The van der Waals surface area contributed by atoms with Crippen LogP contribution in [0.1, 0.15) is 22.0 Å². The molecule has 9 heteroatoms. The first-order valence-corrected chi connectivity index (χ1v) is 10.9. The number of nitrogens with zero attached hydrogens (tertiary/aromatic N) is 5. The van der Waals surface area contributed by atoms with Gasteiger partial charge in [-0.15, -0.1) is 0 Å². The fraction of sp³-hybridized carbons (Fsp3) is 0.200. The predicted octanol–water partition coefficient (Wildman–Crippen LogP) is 2.09. The molecule has 1 aliphatic carbocycles. The van der Waals surface area contributed by atoms with Gasteiger partial charge in [-0.3, -0.25) is 9.69 Å². The summed E-state index contributed by atoms with van der Waals surface area (Å²) in [4.78, 5) is 47.8.